The highest BCUT2D eigenvalue weighted by Crippen LogP contribution is 2.28. The highest BCUT2D eigenvalue weighted by molar-refractivity contribution is 7.92. The Hall–Kier alpha value is -3.61. The topological polar surface area (TPSA) is 57.7 Å². The maximum absolute atomic E-state index is 13.8. The number of rotatable bonds is 9. The minimum absolute atomic E-state index is 0.111. The smallest absolute Gasteiger partial charge is 0.264 e. The van der Waals surface area contributed by atoms with Crippen LogP contribution in [0.3, 0.4) is 0 Å². The van der Waals surface area contributed by atoms with Gasteiger partial charge in [0.2, 0.25) is 5.91 Å². The minimum atomic E-state index is -4.05. The molecule has 4 aromatic rings. The van der Waals surface area contributed by atoms with E-state index in [1.807, 2.05) is 74.5 Å². The molecule has 190 valence electrons. The molecule has 0 N–H and O–H groups in total. The standard InChI is InChI=1S/C30H29ClN2O3S/c1-23-13-17-28(18-14-23)37(35,36)33(27-16-15-24(2)29(31)19-27)22-30(34)32(20-25-9-5-3-6-10-25)21-26-11-7-4-8-12-26/h3-19H,20-22H2,1-2H3. The molecule has 4 rings (SSSR count). The summed E-state index contributed by atoms with van der Waals surface area (Å²) < 4.78 is 28.8. The molecular formula is C30H29ClN2O3S. The second kappa shape index (κ2) is 11.6. The minimum Gasteiger partial charge on any atom is -0.332 e. The molecule has 37 heavy (non-hydrogen) atoms. The third-order valence-electron chi connectivity index (χ3n) is 6.12. The van der Waals surface area contributed by atoms with Crippen LogP contribution >= 0.6 is 11.6 Å². The van der Waals surface area contributed by atoms with E-state index >= 15 is 0 Å². The highest BCUT2D eigenvalue weighted by atomic mass is 35.5. The average Bonchev–Trinajstić information content (AvgIpc) is 2.90. The van der Waals surface area contributed by atoms with Crippen molar-refractivity contribution < 1.29 is 13.2 Å². The van der Waals surface area contributed by atoms with Gasteiger partial charge in [-0.1, -0.05) is 96.0 Å². The first-order valence-corrected chi connectivity index (χ1v) is 13.8. The molecule has 0 radical (unpaired) electrons. The van der Waals surface area contributed by atoms with Gasteiger partial charge in [0.15, 0.2) is 0 Å². The lowest BCUT2D eigenvalue weighted by Gasteiger charge is -2.29. The number of carbonyl (C=O) groups is 1. The van der Waals surface area contributed by atoms with E-state index in [4.69, 9.17) is 11.6 Å². The number of carbonyl (C=O) groups excluding carboxylic acids is 1. The summed E-state index contributed by atoms with van der Waals surface area (Å²) in [6, 6.07) is 30.9. The first-order valence-electron chi connectivity index (χ1n) is 12.0. The normalized spacial score (nSPS) is 11.2. The van der Waals surface area contributed by atoms with Crippen LogP contribution in [0, 0.1) is 13.8 Å². The molecule has 7 heteroatoms. The predicted molar refractivity (Wildman–Crippen MR) is 149 cm³/mol. The molecule has 1 amide bonds. The van der Waals surface area contributed by atoms with Crippen molar-refractivity contribution in [2.75, 3.05) is 10.8 Å². The van der Waals surface area contributed by atoms with E-state index in [0.717, 1.165) is 26.6 Å². The zero-order valence-corrected chi connectivity index (χ0v) is 22.4. The molecule has 0 aliphatic heterocycles. The molecule has 0 aliphatic carbocycles. The van der Waals surface area contributed by atoms with Crippen molar-refractivity contribution in [2.24, 2.45) is 0 Å². The van der Waals surface area contributed by atoms with E-state index in [-0.39, 0.29) is 17.3 Å². The van der Waals surface area contributed by atoms with Gasteiger partial charge in [-0.05, 0) is 54.8 Å². The molecule has 0 heterocycles. The van der Waals surface area contributed by atoms with Gasteiger partial charge in [0, 0.05) is 18.1 Å². The van der Waals surface area contributed by atoms with Crippen LogP contribution in [0.2, 0.25) is 5.02 Å². The first kappa shape index (κ1) is 26.5. The Labute approximate surface area is 224 Å². The zero-order chi connectivity index (χ0) is 26.4. The lowest BCUT2D eigenvalue weighted by atomic mass is 10.1. The molecule has 0 aliphatic rings. The molecule has 0 bridgehead atoms. The van der Waals surface area contributed by atoms with Crippen LogP contribution in [0.4, 0.5) is 5.69 Å². The monoisotopic (exact) mass is 532 g/mol. The Morgan fingerprint density at radius 3 is 1.81 bits per heavy atom. The Morgan fingerprint density at radius 2 is 1.30 bits per heavy atom. The molecule has 0 unspecified atom stereocenters. The second-order valence-electron chi connectivity index (χ2n) is 8.98. The van der Waals surface area contributed by atoms with Crippen molar-refractivity contribution in [3.05, 3.63) is 130 Å². The average molecular weight is 533 g/mol. The van der Waals surface area contributed by atoms with Crippen LogP contribution in [-0.2, 0) is 27.9 Å². The van der Waals surface area contributed by atoms with Crippen molar-refractivity contribution >= 4 is 33.2 Å². The third-order valence-corrected chi connectivity index (χ3v) is 8.31. The van der Waals surface area contributed by atoms with Crippen LogP contribution in [0.25, 0.3) is 0 Å². The Balaban J connectivity index is 1.71. The summed E-state index contributed by atoms with van der Waals surface area (Å²) in [6.45, 7) is 4.07. The van der Waals surface area contributed by atoms with Crippen molar-refractivity contribution in [2.45, 2.75) is 31.8 Å². The van der Waals surface area contributed by atoms with Gasteiger partial charge in [-0.3, -0.25) is 9.10 Å². The van der Waals surface area contributed by atoms with E-state index < -0.39 is 10.0 Å². The molecule has 0 spiro atoms. The Bertz CT molecular complexity index is 1420. The van der Waals surface area contributed by atoms with Crippen LogP contribution in [-0.4, -0.2) is 25.8 Å². The number of sulfonamides is 1. The summed E-state index contributed by atoms with van der Waals surface area (Å²) in [7, 11) is -4.05. The lowest BCUT2D eigenvalue weighted by Crippen LogP contribution is -2.42. The van der Waals surface area contributed by atoms with Crippen LogP contribution in [0.1, 0.15) is 22.3 Å². The fourth-order valence-electron chi connectivity index (χ4n) is 3.95. The number of anilines is 1. The molecular weight excluding hydrogens is 504 g/mol. The van der Waals surface area contributed by atoms with E-state index in [1.165, 1.54) is 0 Å². The molecule has 4 aromatic carbocycles. The molecule has 0 atom stereocenters. The Morgan fingerprint density at radius 1 is 0.757 bits per heavy atom. The van der Waals surface area contributed by atoms with E-state index in [2.05, 4.69) is 0 Å². The Kier molecular flexibility index (Phi) is 8.31. The van der Waals surface area contributed by atoms with Gasteiger partial charge in [-0.15, -0.1) is 0 Å². The SMILES string of the molecule is Cc1ccc(S(=O)(=O)N(CC(=O)N(Cc2ccccc2)Cc2ccccc2)c2ccc(C)c(Cl)c2)cc1. The largest absolute Gasteiger partial charge is 0.332 e. The second-order valence-corrected chi connectivity index (χ2v) is 11.2. The fourth-order valence-corrected chi connectivity index (χ4v) is 5.53. The molecule has 0 fully saturated rings. The molecule has 0 aromatic heterocycles. The van der Waals surface area contributed by atoms with Gasteiger partial charge < -0.3 is 4.90 Å². The quantitative estimate of drug-likeness (QED) is 0.251. The van der Waals surface area contributed by atoms with Crippen molar-refractivity contribution in [3.8, 4) is 0 Å². The number of aryl methyl sites for hydroxylation is 2. The number of benzene rings is 4. The molecule has 0 saturated heterocycles. The molecule has 0 saturated carbocycles. The highest BCUT2D eigenvalue weighted by Gasteiger charge is 2.29. The van der Waals surface area contributed by atoms with Gasteiger partial charge in [-0.2, -0.15) is 0 Å². The summed E-state index contributed by atoms with van der Waals surface area (Å²) in [5.41, 5.74) is 4.01. The number of halogens is 1. The van der Waals surface area contributed by atoms with Gasteiger partial charge >= 0.3 is 0 Å². The van der Waals surface area contributed by atoms with Crippen LogP contribution < -0.4 is 4.31 Å². The third kappa shape index (κ3) is 6.59. The van der Waals surface area contributed by atoms with Crippen molar-refractivity contribution in [3.63, 3.8) is 0 Å². The molecule has 5 nitrogen and oxygen atoms in total. The first-order chi connectivity index (χ1) is 17.7. The van der Waals surface area contributed by atoms with Crippen molar-refractivity contribution in [1.82, 2.24) is 4.90 Å². The van der Waals surface area contributed by atoms with E-state index in [1.54, 1.807) is 47.4 Å². The summed E-state index contributed by atoms with van der Waals surface area (Å²) in [5.74, 6) is -0.319. The maximum atomic E-state index is 13.8. The van der Waals surface area contributed by atoms with Gasteiger partial charge in [0.1, 0.15) is 6.54 Å². The van der Waals surface area contributed by atoms with Crippen LogP contribution in [0.15, 0.2) is 108 Å². The predicted octanol–water partition coefficient (Wildman–Crippen LogP) is 6.38. The summed E-state index contributed by atoms with van der Waals surface area (Å²) in [4.78, 5) is 15.6. The zero-order valence-electron chi connectivity index (χ0n) is 20.8. The summed E-state index contributed by atoms with van der Waals surface area (Å²) in [6.07, 6.45) is 0. The van der Waals surface area contributed by atoms with Crippen molar-refractivity contribution in [1.29, 1.82) is 0 Å². The number of nitrogens with zero attached hydrogens (tertiary/aromatic N) is 2. The number of hydrogen-bond acceptors (Lipinski definition) is 3. The van der Waals surface area contributed by atoms with Gasteiger partial charge in [0.05, 0.1) is 10.6 Å². The summed E-state index contributed by atoms with van der Waals surface area (Å²) in [5, 5.41) is 0.430. The van der Waals surface area contributed by atoms with Gasteiger partial charge in [0.25, 0.3) is 10.0 Å². The summed E-state index contributed by atoms with van der Waals surface area (Å²) >= 11 is 6.37. The maximum Gasteiger partial charge on any atom is 0.264 e. The van der Waals surface area contributed by atoms with E-state index in [9.17, 15) is 13.2 Å². The van der Waals surface area contributed by atoms with Gasteiger partial charge in [-0.25, -0.2) is 8.42 Å². The number of hydrogen-bond donors (Lipinski definition) is 0. The van der Waals surface area contributed by atoms with Crippen LogP contribution in [0.5, 0.6) is 0 Å². The van der Waals surface area contributed by atoms with E-state index in [0.29, 0.717) is 23.8 Å². The number of amides is 1. The fraction of sp³-hybridized carbons (Fsp3) is 0.167. The lowest BCUT2D eigenvalue weighted by molar-refractivity contribution is -0.130.